The molecule has 0 saturated heterocycles. The number of pyridine rings is 1. The van der Waals surface area contributed by atoms with E-state index in [1.54, 1.807) is 24.5 Å². The van der Waals surface area contributed by atoms with Gasteiger partial charge in [-0.1, -0.05) is 6.92 Å². The van der Waals surface area contributed by atoms with Gasteiger partial charge in [0.25, 0.3) is 5.91 Å². The molecule has 0 saturated carbocycles. The lowest BCUT2D eigenvalue weighted by molar-refractivity contribution is 0.0939. The molecule has 2 N–H and O–H groups in total. The fraction of sp³-hybridized carbons (Fsp3) is 0.400. The van der Waals surface area contributed by atoms with Crippen molar-refractivity contribution >= 4 is 23.1 Å². The van der Waals surface area contributed by atoms with Crippen LogP contribution < -0.4 is 10.6 Å². The molecule has 1 unspecified atom stereocenters. The third kappa shape index (κ3) is 3.78. The van der Waals surface area contributed by atoms with Crippen molar-refractivity contribution in [2.24, 2.45) is 0 Å². The largest absolute Gasteiger partial charge is 0.373 e. The summed E-state index contributed by atoms with van der Waals surface area (Å²) in [6, 6.07) is 3.48. The van der Waals surface area contributed by atoms with E-state index in [2.05, 4.69) is 20.6 Å². The SMILES string of the molecule is CCc1cc(C(=O)NC(C)c2ncc(C)s2)cc(NC)n1. The summed E-state index contributed by atoms with van der Waals surface area (Å²) in [6.07, 6.45) is 2.61. The number of aromatic nitrogens is 2. The zero-order valence-corrected chi connectivity index (χ0v) is 13.5. The van der Waals surface area contributed by atoms with Crippen LogP contribution in [0.4, 0.5) is 5.82 Å². The summed E-state index contributed by atoms with van der Waals surface area (Å²) in [4.78, 5) is 22.2. The molecule has 5 nitrogen and oxygen atoms in total. The molecule has 0 aliphatic carbocycles. The smallest absolute Gasteiger partial charge is 0.252 e. The molecule has 0 aliphatic rings. The third-order valence-electron chi connectivity index (χ3n) is 3.12. The van der Waals surface area contributed by atoms with Gasteiger partial charge >= 0.3 is 0 Å². The maximum absolute atomic E-state index is 12.4. The van der Waals surface area contributed by atoms with Gasteiger partial charge in [-0.2, -0.15) is 0 Å². The summed E-state index contributed by atoms with van der Waals surface area (Å²) in [6.45, 7) is 5.97. The van der Waals surface area contributed by atoms with Gasteiger partial charge in [0.15, 0.2) is 0 Å². The van der Waals surface area contributed by atoms with E-state index in [0.717, 1.165) is 22.0 Å². The van der Waals surface area contributed by atoms with Gasteiger partial charge < -0.3 is 10.6 Å². The first-order chi connectivity index (χ1) is 10.0. The number of aryl methyl sites for hydroxylation is 2. The summed E-state index contributed by atoms with van der Waals surface area (Å²) < 4.78 is 0. The van der Waals surface area contributed by atoms with Crippen LogP contribution in [0.1, 0.15) is 45.8 Å². The quantitative estimate of drug-likeness (QED) is 0.891. The van der Waals surface area contributed by atoms with E-state index in [9.17, 15) is 4.79 Å². The summed E-state index contributed by atoms with van der Waals surface area (Å²) in [7, 11) is 1.80. The minimum Gasteiger partial charge on any atom is -0.373 e. The van der Waals surface area contributed by atoms with E-state index < -0.39 is 0 Å². The summed E-state index contributed by atoms with van der Waals surface area (Å²) >= 11 is 1.60. The summed E-state index contributed by atoms with van der Waals surface area (Å²) in [5.74, 6) is 0.598. The molecule has 0 aliphatic heterocycles. The van der Waals surface area contributed by atoms with Crippen molar-refractivity contribution in [3.8, 4) is 0 Å². The fourth-order valence-electron chi connectivity index (χ4n) is 1.94. The Kier molecular flexibility index (Phi) is 4.90. The second-order valence-electron chi connectivity index (χ2n) is 4.84. The molecule has 0 radical (unpaired) electrons. The number of nitrogens with zero attached hydrogens (tertiary/aromatic N) is 2. The normalized spacial score (nSPS) is 12.0. The molecule has 2 heterocycles. The Bertz CT molecular complexity index is 616. The fourth-order valence-corrected chi connectivity index (χ4v) is 2.72. The van der Waals surface area contributed by atoms with Crippen LogP contribution >= 0.6 is 11.3 Å². The van der Waals surface area contributed by atoms with Crippen molar-refractivity contribution in [2.45, 2.75) is 33.2 Å². The van der Waals surface area contributed by atoms with Gasteiger partial charge in [-0.05, 0) is 32.4 Å². The van der Waals surface area contributed by atoms with Gasteiger partial charge in [0.05, 0.1) is 6.04 Å². The standard InChI is InChI=1S/C15H20N4OS/c1-5-12-6-11(7-13(16-4)19-12)14(20)18-10(3)15-17-8-9(2)21-15/h6-8,10H,5H2,1-4H3,(H,16,19)(H,18,20). The molecule has 1 amide bonds. The van der Waals surface area contributed by atoms with Crippen LogP contribution in [0.2, 0.25) is 0 Å². The average molecular weight is 304 g/mol. The molecule has 2 aromatic heterocycles. The Morgan fingerprint density at radius 2 is 2.19 bits per heavy atom. The number of rotatable bonds is 5. The highest BCUT2D eigenvalue weighted by Crippen LogP contribution is 2.20. The van der Waals surface area contributed by atoms with Crippen LogP contribution in [-0.2, 0) is 6.42 Å². The Hall–Kier alpha value is -1.95. The highest BCUT2D eigenvalue weighted by atomic mass is 32.1. The van der Waals surface area contributed by atoms with E-state index >= 15 is 0 Å². The monoisotopic (exact) mass is 304 g/mol. The molecule has 6 heteroatoms. The third-order valence-corrected chi connectivity index (χ3v) is 4.21. The lowest BCUT2D eigenvalue weighted by Crippen LogP contribution is -2.26. The van der Waals surface area contributed by atoms with Crippen molar-refractivity contribution in [1.82, 2.24) is 15.3 Å². The molecule has 0 spiro atoms. The van der Waals surface area contributed by atoms with Gasteiger partial charge in [0, 0.05) is 29.4 Å². The molecule has 0 bridgehead atoms. The van der Waals surface area contributed by atoms with Crippen molar-refractivity contribution in [3.63, 3.8) is 0 Å². The topological polar surface area (TPSA) is 66.9 Å². The average Bonchev–Trinajstić information content (AvgIpc) is 2.93. The van der Waals surface area contributed by atoms with Gasteiger partial charge in [0.2, 0.25) is 0 Å². The molecule has 21 heavy (non-hydrogen) atoms. The van der Waals surface area contributed by atoms with Gasteiger partial charge in [-0.3, -0.25) is 4.79 Å². The number of hydrogen-bond acceptors (Lipinski definition) is 5. The predicted molar refractivity (Wildman–Crippen MR) is 85.9 cm³/mol. The minimum atomic E-state index is -0.107. The van der Waals surface area contributed by atoms with Crippen LogP contribution in [0, 0.1) is 6.92 Å². The van der Waals surface area contributed by atoms with Crippen LogP contribution in [0.3, 0.4) is 0 Å². The van der Waals surface area contributed by atoms with E-state index in [1.807, 2.05) is 33.0 Å². The van der Waals surface area contributed by atoms with Gasteiger partial charge in [-0.25, -0.2) is 9.97 Å². The molecular weight excluding hydrogens is 284 g/mol. The molecule has 0 fully saturated rings. The maximum atomic E-state index is 12.4. The zero-order valence-electron chi connectivity index (χ0n) is 12.7. The van der Waals surface area contributed by atoms with Crippen molar-refractivity contribution in [2.75, 3.05) is 12.4 Å². The zero-order chi connectivity index (χ0) is 15.4. The predicted octanol–water partition coefficient (Wildman–Crippen LogP) is 2.94. The number of amides is 1. The molecule has 0 aromatic carbocycles. The van der Waals surface area contributed by atoms with E-state index in [-0.39, 0.29) is 11.9 Å². The molecule has 112 valence electrons. The minimum absolute atomic E-state index is 0.104. The first kappa shape index (κ1) is 15.4. The van der Waals surface area contributed by atoms with Gasteiger partial charge in [0.1, 0.15) is 10.8 Å². The second kappa shape index (κ2) is 6.67. The number of thiazole rings is 1. The van der Waals surface area contributed by atoms with E-state index in [0.29, 0.717) is 11.4 Å². The van der Waals surface area contributed by atoms with Crippen LogP contribution in [0.5, 0.6) is 0 Å². The first-order valence-corrected chi connectivity index (χ1v) is 7.77. The highest BCUT2D eigenvalue weighted by Gasteiger charge is 2.15. The van der Waals surface area contributed by atoms with E-state index in [4.69, 9.17) is 0 Å². The number of carbonyl (C=O) groups is 1. The molecule has 2 aromatic rings. The maximum Gasteiger partial charge on any atom is 0.252 e. The van der Waals surface area contributed by atoms with Crippen molar-refractivity contribution < 1.29 is 4.79 Å². The Morgan fingerprint density at radius 1 is 1.43 bits per heavy atom. The summed E-state index contributed by atoms with van der Waals surface area (Å²) in [5.41, 5.74) is 1.51. The number of nitrogens with one attached hydrogen (secondary N) is 2. The first-order valence-electron chi connectivity index (χ1n) is 6.95. The molecular formula is C15H20N4OS. The van der Waals surface area contributed by atoms with Gasteiger partial charge in [-0.15, -0.1) is 11.3 Å². The van der Waals surface area contributed by atoms with Crippen LogP contribution in [0.25, 0.3) is 0 Å². The number of carbonyl (C=O) groups excluding carboxylic acids is 1. The van der Waals surface area contributed by atoms with E-state index in [1.165, 1.54) is 0 Å². The Morgan fingerprint density at radius 3 is 2.76 bits per heavy atom. The van der Waals surface area contributed by atoms with Crippen molar-refractivity contribution in [1.29, 1.82) is 0 Å². The lowest BCUT2D eigenvalue weighted by Gasteiger charge is -2.12. The van der Waals surface area contributed by atoms with Crippen LogP contribution in [0.15, 0.2) is 18.3 Å². The Labute approximate surface area is 128 Å². The summed E-state index contributed by atoms with van der Waals surface area (Å²) in [5, 5.41) is 6.88. The molecule has 2 rings (SSSR count). The lowest BCUT2D eigenvalue weighted by atomic mass is 10.1. The number of hydrogen-bond donors (Lipinski definition) is 2. The molecule has 1 atom stereocenters. The van der Waals surface area contributed by atoms with Crippen LogP contribution in [-0.4, -0.2) is 22.9 Å². The second-order valence-corrected chi connectivity index (χ2v) is 6.11. The highest BCUT2D eigenvalue weighted by molar-refractivity contribution is 7.11. The number of anilines is 1. The Balaban J connectivity index is 2.16. The van der Waals surface area contributed by atoms with Crippen molar-refractivity contribution in [3.05, 3.63) is 39.5 Å².